The van der Waals surface area contributed by atoms with Crippen LogP contribution in [-0.2, 0) is 4.74 Å². The van der Waals surface area contributed by atoms with E-state index >= 15 is 0 Å². The first-order chi connectivity index (χ1) is 13.3. The number of nitrogens with zero attached hydrogens (tertiary/aromatic N) is 3. The van der Waals surface area contributed by atoms with Gasteiger partial charge in [-0.1, -0.05) is 29.8 Å². The van der Waals surface area contributed by atoms with Crippen molar-refractivity contribution in [2.24, 2.45) is 0 Å². The summed E-state index contributed by atoms with van der Waals surface area (Å²) in [6.07, 6.45) is 1.72. The number of rotatable bonds is 5. The summed E-state index contributed by atoms with van der Waals surface area (Å²) < 4.78 is 5.46. The summed E-state index contributed by atoms with van der Waals surface area (Å²) >= 11 is 6.03. The van der Waals surface area contributed by atoms with Crippen LogP contribution >= 0.6 is 11.6 Å². The van der Waals surface area contributed by atoms with E-state index in [1.807, 2.05) is 42.5 Å². The first-order valence-electron chi connectivity index (χ1n) is 8.82. The van der Waals surface area contributed by atoms with Gasteiger partial charge in [0.2, 0.25) is 5.95 Å². The molecule has 0 saturated carbocycles. The van der Waals surface area contributed by atoms with Gasteiger partial charge in [0.15, 0.2) is 0 Å². The Bertz CT molecular complexity index is 914. The summed E-state index contributed by atoms with van der Waals surface area (Å²) in [5, 5.41) is 7.24. The van der Waals surface area contributed by atoms with Crippen LogP contribution in [0.25, 0.3) is 0 Å². The molecule has 2 N–H and O–H groups in total. The highest BCUT2D eigenvalue weighted by Crippen LogP contribution is 2.29. The Morgan fingerprint density at radius 1 is 0.963 bits per heavy atom. The molecule has 1 aromatic heterocycles. The Labute approximate surface area is 163 Å². The minimum absolute atomic E-state index is 0.506. The number of anilines is 5. The number of benzene rings is 2. The van der Waals surface area contributed by atoms with Crippen LogP contribution in [0.4, 0.5) is 28.8 Å². The van der Waals surface area contributed by atoms with Crippen LogP contribution in [-0.4, -0.2) is 36.3 Å². The molecule has 1 fully saturated rings. The van der Waals surface area contributed by atoms with Gasteiger partial charge in [-0.05, 0) is 36.4 Å². The van der Waals surface area contributed by atoms with Crippen LogP contribution in [0.15, 0.2) is 60.8 Å². The lowest BCUT2D eigenvalue weighted by Crippen LogP contribution is -2.36. The minimum atomic E-state index is 0.506. The maximum Gasteiger partial charge on any atom is 0.229 e. The van der Waals surface area contributed by atoms with E-state index < -0.39 is 0 Å². The van der Waals surface area contributed by atoms with Gasteiger partial charge in [0.1, 0.15) is 5.82 Å². The van der Waals surface area contributed by atoms with Gasteiger partial charge in [0.05, 0.1) is 24.6 Å². The second-order valence-electron chi connectivity index (χ2n) is 6.14. The highest BCUT2D eigenvalue weighted by molar-refractivity contribution is 6.30. The van der Waals surface area contributed by atoms with Crippen LogP contribution in [0.3, 0.4) is 0 Å². The van der Waals surface area contributed by atoms with Crippen molar-refractivity contribution < 1.29 is 4.74 Å². The van der Waals surface area contributed by atoms with Gasteiger partial charge in [-0.15, -0.1) is 0 Å². The van der Waals surface area contributed by atoms with Crippen LogP contribution in [0.5, 0.6) is 0 Å². The molecule has 6 nitrogen and oxygen atoms in total. The fraction of sp³-hybridized carbons (Fsp3) is 0.200. The molecular weight excluding hydrogens is 362 g/mol. The molecule has 4 rings (SSSR count). The van der Waals surface area contributed by atoms with Crippen molar-refractivity contribution in [1.29, 1.82) is 0 Å². The van der Waals surface area contributed by atoms with Crippen molar-refractivity contribution in [3.63, 3.8) is 0 Å². The van der Waals surface area contributed by atoms with Gasteiger partial charge < -0.3 is 20.3 Å². The van der Waals surface area contributed by atoms with E-state index in [0.717, 1.165) is 49.2 Å². The molecule has 1 aliphatic heterocycles. The molecule has 27 heavy (non-hydrogen) atoms. The van der Waals surface area contributed by atoms with E-state index in [2.05, 4.69) is 37.6 Å². The highest BCUT2D eigenvalue weighted by Gasteiger charge is 2.14. The first kappa shape index (κ1) is 17.6. The molecule has 0 radical (unpaired) electrons. The molecule has 138 valence electrons. The van der Waals surface area contributed by atoms with Crippen LogP contribution in [0.2, 0.25) is 5.02 Å². The van der Waals surface area contributed by atoms with Gasteiger partial charge in [-0.2, -0.15) is 4.98 Å². The summed E-state index contributed by atoms with van der Waals surface area (Å²) in [5.74, 6) is 1.22. The molecule has 0 unspecified atom stereocenters. The number of para-hydroxylation sites is 2. The van der Waals surface area contributed by atoms with Crippen LogP contribution in [0, 0.1) is 0 Å². The molecular formula is C20H20ClN5O. The van der Waals surface area contributed by atoms with E-state index in [4.69, 9.17) is 16.3 Å². The average Bonchev–Trinajstić information content (AvgIpc) is 2.69. The first-order valence-corrected chi connectivity index (χ1v) is 9.20. The number of nitrogens with one attached hydrogen (secondary N) is 2. The van der Waals surface area contributed by atoms with Crippen molar-refractivity contribution >= 4 is 40.4 Å². The van der Waals surface area contributed by atoms with Crippen molar-refractivity contribution in [3.8, 4) is 0 Å². The van der Waals surface area contributed by atoms with Crippen molar-refractivity contribution in [1.82, 2.24) is 9.97 Å². The Balaban J connectivity index is 1.53. The topological polar surface area (TPSA) is 62.3 Å². The molecule has 3 aromatic rings. The zero-order chi connectivity index (χ0) is 18.5. The summed E-state index contributed by atoms with van der Waals surface area (Å²) in [4.78, 5) is 11.2. The van der Waals surface area contributed by atoms with Crippen LogP contribution in [0.1, 0.15) is 0 Å². The summed E-state index contributed by atoms with van der Waals surface area (Å²) in [7, 11) is 0. The Morgan fingerprint density at radius 2 is 1.81 bits per heavy atom. The quantitative estimate of drug-likeness (QED) is 0.680. The van der Waals surface area contributed by atoms with Gasteiger partial charge in [0, 0.05) is 30.0 Å². The zero-order valence-electron chi connectivity index (χ0n) is 14.7. The van der Waals surface area contributed by atoms with Crippen molar-refractivity contribution in [2.75, 3.05) is 41.8 Å². The molecule has 7 heteroatoms. The molecule has 0 bridgehead atoms. The summed E-state index contributed by atoms with van der Waals surface area (Å²) in [6.45, 7) is 3.25. The second kappa shape index (κ2) is 8.24. The lowest BCUT2D eigenvalue weighted by Gasteiger charge is -2.30. The molecule has 0 atom stereocenters. The fourth-order valence-electron chi connectivity index (χ4n) is 2.98. The van der Waals surface area contributed by atoms with Crippen molar-refractivity contribution in [3.05, 3.63) is 65.8 Å². The molecule has 1 saturated heterocycles. The molecule has 2 aromatic carbocycles. The summed E-state index contributed by atoms with van der Waals surface area (Å²) in [6, 6.07) is 17.5. The summed E-state index contributed by atoms with van der Waals surface area (Å²) in [5.41, 5.74) is 2.99. The zero-order valence-corrected chi connectivity index (χ0v) is 15.5. The number of halogens is 1. The lowest BCUT2D eigenvalue weighted by atomic mass is 10.2. The third-order valence-electron chi connectivity index (χ3n) is 4.25. The van der Waals surface area contributed by atoms with Gasteiger partial charge in [-0.25, -0.2) is 4.98 Å². The van der Waals surface area contributed by atoms with Gasteiger partial charge in [-0.3, -0.25) is 0 Å². The maximum atomic E-state index is 6.03. The number of hydrogen-bond acceptors (Lipinski definition) is 6. The number of morpholine rings is 1. The van der Waals surface area contributed by atoms with Crippen molar-refractivity contribution in [2.45, 2.75) is 0 Å². The van der Waals surface area contributed by atoms with E-state index in [1.54, 1.807) is 6.20 Å². The van der Waals surface area contributed by atoms with E-state index in [0.29, 0.717) is 11.0 Å². The third kappa shape index (κ3) is 4.48. The van der Waals surface area contributed by atoms with Gasteiger partial charge >= 0.3 is 0 Å². The maximum absolute atomic E-state index is 6.03. The minimum Gasteiger partial charge on any atom is -0.378 e. The highest BCUT2D eigenvalue weighted by atomic mass is 35.5. The largest absolute Gasteiger partial charge is 0.378 e. The third-order valence-corrected chi connectivity index (χ3v) is 4.49. The number of ether oxygens (including phenoxy) is 1. The molecule has 2 heterocycles. The predicted molar refractivity (Wildman–Crippen MR) is 110 cm³/mol. The number of aromatic nitrogens is 2. The van der Waals surface area contributed by atoms with E-state index in [1.165, 1.54) is 0 Å². The average molecular weight is 382 g/mol. The molecule has 0 spiro atoms. The fourth-order valence-corrected chi connectivity index (χ4v) is 3.17. The lowest BCUT2D eigenvalue weighted by molar-refractivity contribution is 0.123. The van der Waals surface area contributed by atoms with Gasteiger partial charge in [0.25, 0.3) is 0 Å². The SMILES string of the molecule is Clc1cccc(Nc2nccc(Nc3ccccc3N3CCOCC3)n2)c1. The van der Waals surface area contributed by atoms with E-state index in [-0.39, 0.29) is 0 Å². The standard InChI is InChI=1S/C20H20ClN5O/c21-15-4-3-5-16(14-15)23-20-22-9-8-19(25-20)24-17-6-1-2-7-18(17)26-10-12-27-13-11-26/h1-9,14H,10-13H2,(H2,22,23,24,25). The Kier molecular flexibility index (Phi) is 5.37. The molecule has 0 amide bonds. The monoisotopic (exact) mass is 381 g/mol. The number of hydrogen-bond donors (Lipinski definition) is 2. The predicted octanol–water partition coefficient (Wildman–Crippen LogP) is 4.45. The molecule has 1 aliphatic rings. The second-order valence-corrected chi connectivity index (χ2v) is 6.58. The Morgan fingerprint density at radius 3 is 2.67 bits per heavy atom. The Hall–Kier alpha value is -2.83. The molecule has 0 aliphatic carbocycles. The van der Waals surface area contributed by atoms with E-state index in [9.17, 15) is 0 Å². The smallest absolute Gasteiger partial charge is 0.229 e. The van der Waals surface area contributed by atoms with Crippen LogP contribution < -0.4 is 15.5 Å². The normalized spacial score (nSPS) is 14.0.